The van der Waals surface area contributed by atoms with E-state index in [0.717, 1.165) is 28.0 Å². The van der Waals surface area contributed by atoms with Crippen LogP contribution in [0.15, 0.2) is 97.6 Å². The summed E-state index contributed by atoms with van der Waals surface area (Å²) in [6.45, 7) is 1.20. The van der Waals surface area contributed by atoms with Crippen molar-refractivity contribution in [1.29, 1.82) is 0 Å². The van der Waals surface area contributed by atoms with Crippen LogP contribution in [0.3, 0.4) is 0 Å². The largest absolute Gasteiger partial charge is 0.868 e. The summed E-state index contributed by atoms with van der Waals surface area (Å²) in [6.07, 6.45) is 6.95. The van der Waals surface area contributed by atoms with E-state index in [2.05, 4.69) is 53.5 Å². The lowest BCUT2D eigenvalue weighted by Crippen LogP contribution is -2.33. The standard InChI is InChI=1S/C24H20N2O2/c27-23-3-2-14-26(17-23)16-19-5-9-21(10-6-19)22-11-7-20(8-12-22)18-28-24-4-1-13-25-15-24/h1-15,17H,16,18H2. The SMILES string of the molecule is [O-]c1ccc[n+](Cc2ccc(-c3ccc(COc4cccnc4)cc3)cc2)c1. The lowest BCUT2D eigenvalue weighted by Gasteiger charge is -2.08. The molecule has 2 heterocycles. The Bertz CT molecular complexity index is 1030. The van der Waals surface area contributed by atoms with E-state index in [9.17, 15) is 5.11 Å². The van der Waals surface area contributed by atoms with E-state index in [1.165, 1.54) is 0 Å². The number of hydrogen-bond acceptors (Lipinski definition) is 3. The highest BCUT2D eigenvalue weighted by atomic mass is 16.5. The molecule has 0 radical (unpaired) electrons. The molecule has 0 spiro atoms. The Kier molecular flexibility index (Phi) is 5.29. The highest BCUT2D eigenvalue weighted by Gasteiger charge is 2.04. The summed E-state index contributed by atoms with van der Waals surface area (Å²) < 4.78 is 7.63. The van der Waals surface area contributed by atoms with Crippen LogP contribution in [0, 0.1) is 0 Å². The molecule has 2 aromatic carbocycles. The van der Waals surface area contributed by atoms with Gasteiger partial charge in [-0.3, -0.25) is 4.98 Å². The minimum atomic E-state index is 0.0201. The first-order chi connectivity index (χ1) is 13.8. The monoisotopic (exact) mass is 368 g/mol. The third-order valence-electron chi connectivity index (χ3n) is 4.48. The molecule has 4 aromatic rings. The molecule has 28 heavy (non-hydrogen) atoms. The van der Waals surface area contributed by atoms with E-state index in [1.54, 1.807) is 30.7 Å². The summed E-state index contributed by atoms with van der Waals surface area (Å²) in [6, 6.07) is 23.9. The highest BCUT2D eigenvalue weighted by molar-refractivity contribution is 5.63. The van der Waals surface area contributed by atoms with Gasteiger partial charge in [0.25, 0.3) is 0 Å². The molecule has 2 aromatic heterocycles. The van der Waals surface area contributed by atoms with Crippen LogP contribution in [0.4, 0.5) is 0 Å². The lowest BCUT2D eigenvalue weighted by molar-refractivity contribution is -0.690. The Labute approximate surface area is 164 Å². The smallest absolute Gasteiger partial charge is 0.173 e. The second-order valence-electron chi connectivity index (χ2n) is 6.58. The van der Waals surface area contributed by atoms with Gasteiger partial charge in [-0.1, -0.05) is 54.6 Å². The van der Waals surface area contributed by atoms with Gasteiger partial charge in [-0.25, -0.2) is 4.57 Å². The van der Waals surface area contributed by atoms with Gasteiger partial charge in [0, 0.05) is 17.8 Å². The van der Waals surface area contributed by atoms with Crippen molar-refractivity contribution in [2.45, 2.75) is 13.2 Å². The third kappa shape index (κ3) is 4.54. The fourth-order valence-corrected chi connectivity index (χ4v) is 3.00. The molecular weight excluding hydrogens is 348 g/mol. The number of rotatable bonds is 6. The molecule has 0 bridgehead atoms. The molecule has 0 unspecified atom stereocenters. The van der Waals surface area contributed by atoms with Crippen LogP contribution in [0.25, 0.3) is 11.1 Å². The summed E-state index contributed by atoms with van der Waals surface area (Å²) in [5.41, 5.74) is 4.58. The fraction of sp³-hybridized carbons (Fsp3) is 0.0833. The van der Waals surface area contributed by atoms with Gasteiger partial charge in [0.1, 0.15) is 12.4 Å². The number of ether oxygens (including phenoxy) is 1. The fourth-order valence-electron chi connectivity index (χ4n) is 3.00. The van der Waals surface area contributed by atoms with Crippen molar-refractivity contribution in [3.05, 3.63) is 109 Å². The van der Waals surface area contributed by atoms with E-state index in [1.807, 2.05) is 22.9 Å². The Morgan fingerprint density at radius 3 is 2.18 bits per heavy atom. The molecule has 0 fully saturated rings. The Balaban J connectivity index is 1.40. The van der Waals surface area contributed by atoms with Gasteiger partial charge >= 0.3 is 0 Å². The molecule has 0 saturated heterocycles. The maximum Gasteiger partial charge on any atom is 0.173 e. The predicted molar refractivity (Wildman–Crippen MR) is 106 cm³/mol. The van der Waals surface area contributed by atoms with Gasteiger partial charge in [0.05, 0.1) is 6.20 Å². The maximum absolute atomic E-state index is 11.4. The van der Waals surface area contributed by atoms with Gasteiger partial charge < -0.3 is 9.84 Å². The molecule has 0 atom stereocenters. The van der Waals surface area contributed by atoms with Crippen LogP contribution < -0.4 is 14.4 Å². The van der Waals surface area contributed by atoms with E-state index >= 15 is 0 Å². The maximum atomic E-state index is 11.4. The zero-order valence-electron chi connectivity index (χ0n) is 15.4. The summed E-state index contributed by atoms with van der Waals surface area (Å²) in [5, 5.41) is 11.4. The first kappa shape index (κ1) is 17.7. The molecule has 4 nitrogen and oxygen atoms in total. The average molecular weight is 368 g/mol. The number of hydrogen-bond donors (Lipinski definition) is 0. The third-order valence-corrected chi connectivity index (χ3v) is 4.48. The van der Waals surface area contributed by atoms with Gasteiger partial charge in [0.2, 0.25) is 0 Å². The number of aromatic nitrogens is 2. The first-order valence-electron chi connectivity index (χ1n) is 9.13. The van der Waals surface area contributed by atoms with Gasteiger partial charge in [-0.05, 0) is 34.6 Å². The first-order valence-corrected chi connectivity index (χ1v) is 9.13. The van der Waals surface area contributed by atoms with Crippen LogP contribution >= 0.6 is 0 Å². The summed E-state index contributed by atoms with van der Waals surface area (Å²) in [7, 11) is 0. The summed E-state index contributed by atoms with van der Waals surface area (Å²) >= 11 is 0. The molecule has 0 saturated carbocycles. The lowest BCUT2D eigenvalue weighted by atomic mass is 10.0. The molecule has 0 aliphatic carbocycles. The minimum absolute atomic E-state index is 0.0201. The van der Waals surface area contributed by atoms with E-state index in [-0.39, 0.29) is 5.75 Å². The van der Waals surface area contributed by atoms with Gasteiger partial charge in [-0.15, -0.1) is 0 Å². The summed E-state index contributed by atoms with van der Waals surface area (Å²) in [5.74, 6) is 0.786. The quantitative estimate of drug-likeness (QED) is 0.487. The molecule has 4 heteroatoms. The second kappa shape index (κ2) is 8.35. The molecular formula is C24H20N2O2. The average Bonchev–Trinajstić information content (AvgIpc) is 2.74. The van der Waals surface area contributed by atoms with Crippen molar-refractivity contribution in [2.24, 2.45) is 0 Å². The van der Waals surface area contributed by atoms with Crippen LogP contribution in [-0.2, 0) is 13.2 Å². The van der Waals surface area contributed by atoms with Crippen LogP contribution in [-0.4, -0.2) is 4.98 Å². The molecule has 4 rings (SSSR count). The molecule has 138 valence electrons. The molecule has 0 aliphatic heterocycles. The zero-order chi connectivity index (χ0) is 19.2. The van der Waals surface area contributed by atoms with Crippen molar-refractivity contribution in [3.63, 3.8) is 0 Å². The summed E-state index contributed by atoms with van der Waals surface area (Å²) in [4.78, 5) is 4.05. The molecule has 0 amide bonds. The van der Waals surface area contributed by atoms with E-state index in [4.69, 9.17) is 4.74 Å². The molecule has 0 N–H and O–H groups in total. The highest BCUT2D eigenvalue weighted by Crippen LogP contribution is 2.21. The van der Waals surface area contributed by atoms with E-state index in [0.29, 0.717) is 13.2 Å². The van der Waals surface area contributed by atoms with Crippen molar-refractivity contribution >= 4 is 0 Å². The van der Waals surface area contributed by atoms with Crippen LogP contribution in [0.1, 0.15) is 11.1 Å². The number of pyridine rings is 2. The van der Waals surface area contributed by atoms with Crippen LogP contribution in [0.5, 0.6) is 11.5 Å². The normalized spacial score (nSPS) is 10.6. The van der Waals surface area contributed by atoms with Crippen molar-refractivity contribution in [2.75, 3.05) is 0 Å². The van der Waals surface area contributed by atoms with Crippen molar-refractivity contribution < 1.29 is 14.4 Å². The minimum Gasteiger partial charge on any atom is -0.868 e. The number of benzene rings is 2. The molecule has 0 aliphatic rings. The zero-order valence-corrected chi connectivity index (χ0v) is 15.4. The Morgan fingerprint density at radius 1 is 0.821 bits per heavy atom. The topological polar surface area (TPSA) is 49.1 Å². The van der Waals surface area contributed by atoms with Crippen molar-refractivity contribution in [3.8, 4) is 22.6 Å². The second-order valence-corrected chi connectivity index (χ2v) is 6.58. The van der Waals surface area contributed by atoms with Crippen molar-refractivity contribution in [1.82, 2.24) is 4.98 Å². The van der Waals surface area contributed by atoms with Gasteiger partial charge in [0.15, 0.2) is 18.9 Å². The van der Waals surface area contributed by atoms with Gasteiger partial charge in [-0.2, -0.15) is 0 Å². The Hall–Kier alpha value is -3.66. The number of nitrogens with zero attached hydrogens (tertiary/aromatic N) is 2. The van der Waals surface area contributed by atoms with E-state index < -0.39 is 0 Å². The Morgan fingerprint density at radius 2 is 1.54 bits per heavy atom. The van der Waals surface area contributed by atoms with Crippen LogP contribution in [0.2, 0.25) is 0 Å². The predicted octanol–water partition coefficient (Wildman–Crippen LogP) is 3.74.